The van der Waals surface area contributed by atoms with Crippen molar-refractivity contribution in [2.75, 3.05) is 13.6 Å². The van der Waals surface area contributed by atoms with Crippen LogP contribution < -0.4 is 0 Å². The van der Waals surface area contributed by atoms with Crippen LogP contribution in [0.15, 0.2) is 22.7 Å². The zero-order chi connectivity index (χ0) is 13.0. The molecule has 94 valence electrons. The summed E-state index contributed by atoms with van der Waals surface area (Å²) in [5, 5.41) is 9.53. The largest absolute Gasteiger partial charge is 0.507 e. The predicted molar refractivity (Wildman–Crippen MR) is 72.2 cm³/mol. The van der Waals surface area contributed by atoms with Crippen LogP contribution >= 0.6 is 15.9 Å². The Morgan fingerprint density at radius 2 is 2.12 bits per heavy atom. The van der Waals surface area contributed by atoms with Crippen LogP contribution in [0.1, 0.15) is 30.6 Å². The maximum atomic E-state index is 12.0. The number of halogens is 1. The fourth-order valence-corrected chi connectivity index (χ4v) is 1.67. The molecular weight excluding hydrogens is 282 g/mol. The number of rotatable bonds is 4. The smallest absolute Gasteiger partial charge is 0.253 e. The normalized spacial score (nSPS) is 10.6. The van der Waals surface area contributed by atoms with E-state index in [9.17, 15) is 9.90 Å². The lowest BCUT2D eigenvalue weighted by Crippen LogP contribution is -2.28. The fraction of sp³-hybridized carbons (Fsp3) is 0.462. The van der Waals surface area contributed by atoms with Gasteiger partial charge in [0, 0.05) is 19.2 Å². The summed E-state index contributed by atoms with van der Waals surface area (Å²) >= 11 is 3.19. The molecule has 1 amide bonds. The Balaban J connectivity index is 2.71. The molecule has 0 heterocycles. The number of phenols is 1. The third-order valence-electron chi connectivity index (χ3n) is 2.58. The third kappa shape index (κ3) is 4.04. The summed E-state index contributed by atoms with van der Waals surface area (Å²) in [7, 11) is 1.78. The van der Waals surface area contributed by atoms with E-state index in [0.717, 1.165) is 13.0 Å². The number of amides is 1. The van der Waals surface area contributed by atoms with Crippen molar-refractivity contribution in [1.29, 1.82) is 0 Å². The topological polar surface area (TPSA) is 40.5 Å². The molecule has 0 radical (unpaired) electrons. The van der Waals surface area contributed by atoms with Crippen LogP contribution in [-0.4, -0.2) is 29.5 Å². The number of hydrogen-bond acceptors (Lipinski definition) is 2. The van der Waals surface area contributed by atoms with Gasteiger partial charge in [-0.2, -0.15) is 0 Å². The minimum absolute atomic E-state index is 0.0616. The third-order valence-corrected chi connectivity index (χ3v) is 3.25. The summed E-state index contributed by atoms with van der Waals surface area (Å²) in [6.07, 6.45) is 0.977. The summed E-state index contributed by atoms with van der Waals surface area (Å²) in [6, 6.07) is 4.87. The zero-order valence-electron chi connectivity index (χ0n) is 10.4. The van der Waals surface area contributed by atoms with Crippen molar-refractivity contribution in [3.05, 3.63) is 28.2 Å². The second-order valence-corrected chi connectivity index (χ2v) is 5.43. The van der Waals surface area contributed by atoms with E-state index in [1.807, 2.05) is 0 Å². The molecule has 0 saturated carbocycles. The molecule has 0 unspecified atom stereocenters. The number of nitrogens with zero attached hydrogens (tertiary/aromatic N) is 1. The Labute approximate surface area is 111 Å². The van der Waals surface area contributed by atoms with Crippen molar-refractivity contribution in [3.8, 4) is 5.75 Å². The molecule has 1 N–H and O–H groups in total. The van der Waals surface area contributed by atoms with Crippen molar-refractivity contribution >= 4 is 21.8 Å². The van der Waals surface area contributed by atoms with Crippen LogP contribution in [0.5, 0.6) is 5.75 Å². The van der Waals surface area contributed by atoms with Crippen LogP contribution in [0.2, 0.25) is 0 Å². The Kier molecular flexibility index (Phi) is 5.00. The highest BCUT2D eigenvalue weighted by atomic mass is 79.9. The molecule has 1 rings (SSSR count). The molecule has 1 aromatic rings. The lowest BCUT2D eigenvalue weighted by Gasteiger charge is -2.18. The SMILES string of the molecule is CC(C)CCN(C)C(=O)c1ccc(Br)c(O)c1. The number of carbonyl (C=O) groups is 1. The van der Waals surface area contributed by atoms with Gasteiger partial charge in [-0.15, -0.1) is 0 Å². The molecule has 4 heteroatoms. The van der Waals surface area contributed by atoms with E-state index >= 15 is 0 Å². The van der Waals surface area contributed by atoms with E-state index in [1.54, 1.807) is 24.1 Å². The Morgan fingerprint density at radius 3 is 2.65 bits per heavy atom. The van der Waals surface area contributed by atoms with Crippen LogP contribution in [-0.2, 0) is 0 Å². The molecule has 0 aromatic heterocycles. The molecule has 0 atom stereocenters. The lowest BCUT2D eigenvalue weighted by molar-refractivity contribution is 0.0788. The first kappa shape index (κ1) is 14.0. The van der Waals surface area contributed by atoms with E-state index in [-0.39, 0.29) is 11.7 Å². The second kappa shape index (κ2) is 6.05. The summed E-state index contributed by atoms with van der Waals surface area (Å²) in [5.41, 5.74) is 0.511. The fourth-order valence-electron chi connectivity index (χ4n) is 1.42. The van der Waals surface area contributed by atoms with Gasteiger partial charge in [-0.3, -0.25) is 4.79 Å². The average Bonchev–Trinajstić information content (AvgIpc) is 2.28. The first-order valence-electron chi connectivity index (χ1n) is 5.65. The quantitative estimate of drug-likeness (QED) is 0.927. The number of phenolic OH excluding ortho intramolecular Hbond substituents is 1. The molecule has 0 saturated heterocycles. The highest BCUT2D eigenvalue weighted by Gasteiger charge is 2.13. The van der Waals surface area contributed by atoms with Gasteiger partial charge in [-0.25, -0.2) is 0 Å². The van der Waals surface area contributed by atoms with Crippen molar-refractivity contribution in [1.82, 2.24) is 4.90 Å². The van der Waals surface area contributed by atoms with Crippen molar-refractivity contribution in [2.24, 2.45) is 5.92 Å². The molecule has 1 aromatic carbocycles. The molecule has 0 aliphatic carbocycles. The molecule has 0 fully saturated rings. The van der Waals surface area contributed by atoms with Gasteiger partial charge in [0.1, 0.15) is 5.75 Å². The first-order valence-corrected chi connectivity index (χ1v) is 6.45. The number of aromatic hydroxyl groups is 1. The van der Waals surface area contributed by atoms with Gasteiger partial charge >= 0.3 is 0 Å². The molecule has 0 aliphatic rings. The van der Waals surface area contributed by atoms with E-state index in [2.05, 4.69) is 29.8 Å². The molecule has 0 aliphatic heterocycles. The Bertz CT molecular complexity index is 404. The van der Waals surface area contributed by atoms with Crippen molar-refractivity contribution < 1.29 is 9.90 Å². The molecule has 3 nitrogen and oxygen atoms in total. The maximum Gasteiger partial charge on any atom is 0.253 e. The van der Waals surface area contributed by atoms with Crippen LogP contribution in [0.4, 0.5) is 0 Å². The summed E-state index contributed by atoms with van der Waals surface area (Å²) in [5.74, 6) is 0.602. The standard InChI is InChI=1S/C13H18BrNO2/c1-9(2)6-7-15(3)13(17)10-4-5-11(14)12(16)8-10/h4-5,8-9,16H,6-7H2,1-3H3. The van der Waals surface area contributed by atoms with E-state index in [4.69, 9.17) is 0 Å². The van der Waals surface area contributed by atoms with Crippen molar-refractivity contribution in [3.63, 3.8) is 0 Å². The first-order chi connectivity index (χ1) is 7.91. The maximum absolute atomic E-state index is 12.0. The zero-order valence-corrected chi connectivity index (χ0v) is 12.0. The summed E-state index contributed by atoms with van der Waals surface area (Å²) < 4.78 is 0.596. The van der Waals surface area contributed by atoms with E-state index < -0.39 is 0 Å². The monoisotopic (exact) mass is 299 g/mol. The molecule has 0 bridgehead atoms. The summed E-state index contributed by atoms with van der Waals surface area (Å²) in [6.45, 7) is 4.99. The predicted octanol–water partition coefficient (Wildman–Crippen LogP) is 3.27. The van der Waals surface area contributed by atoms with Crippen LogP contribution in [0.3, 0.4) is 0 Å². The van der Waals surface area contributed by atoms with Crippen LogP contribution in [0.25, 0.3) is 0 Å². The number of hydrogen-bond donors (Lipinski definition) is 1. The minimum Gasteiger partial charge on any atom is -0.507 e. The average molecular weight is 300 g/mol. The van der Waals surface area contributed by atoms with Gasteiger partial charge < -0.3 is 10.0 Å². The second-order valence-electron chi connectivity index (χ2n) is 4.58. The lowest BCUT2D eigenvalue weighted by atomic mass is 10.1. The van der Waals surface area contributed by atoms with E-state index in [0.29, 0.717) is 16.0 Å². The minimum atomic E-state index is -0.0616. The van der Waals surface area contributed by atoms with Crippen LogP contribution in [0, 0.1) is 5.92 Å². The highest BCUT2D eigenvalue weighted by Crippen LogP contribution is 2.24. The number of carbonyl (C=O) groups excluding carboxylic acids is 1. The van der Waals surface area contributed by atoms with E-state index in [1.165, 1.54) is 6.07 Å². The molecule has 17 heavy (non-hydrogen) atoms. The van der Waals surface area contributed by atoms with Gasteiger partial charge in [-0.05, 0) is 46.5 Å². The van der Waals surface area contributed by atoms with Gasteiger partial charge in [0.15, 0.2) is 0 Å². The molecule has 0 spiro atoms. The van der Waals surface area contributed by atoms with Crippen molar-refractivity contribution in [2.45, 2.75) is 20.3 Å². The van der Waals surface area contributed by atoms with Gasteiger partial charge in [0.05, 0.1) is 4.47 Å². The Hall–Kier alpha value is -1.03. The van der Waals surface area contributed by atoms with Gasteiger partial charge in [-0.1, -0.05) is 13.8 Å². The Morgan fingerprint density at radius 1 is 1.47 bits per heavy atom. The summed E-state index contributed by atoms with van der Waals surface area (Å²) in [4.78, 5) is 13.7. The van der Waals surface area contributed by atoms with Gasteiger partial charge in [0.2, 0.25) is 0 Å². The highest BCUT2D eigenvalue weighted by molar-refractivity contribution is 9.10. The molecular formula is C13H18BrNO2. The number of benzene rings is 1. The van der Waals surface area contributed by atoms with Gasteiger partial charge in [0.25, 0.3) is 5.91 Å².